The number of nitrogens with two attached hydrogens (primary N) is 1. The second-order valence-electron chi connectivity index (χ2n) is 4.27. The van der Waals surface area contributed by atoms with Crippen molar-refractivity contribution in [1.82, 2.24) is 19.9 Å². The van der Waals surface area contributed by atoms with Crippen LogP contribution in [0.5, 0.6) is 0 Å². The van der Waals surface area contributed by atoms with Gasteiger partial charge in [0, 0.05) is 0 Å². The summed E-state index contributed by atoms with van der Waals surface area (Å²) in [4.78, 5) is 14.5. The highest BCUT2D eigenvalue weighted by molar-refractivity contribution is 7.89. The molecule has 2 aromatic rings. The molecule has 0 saturated carbocycles. The maximum absolute atomic E-state index is 12.2. The summed E-state index contributed by atoms with van der Waals surface area (Å²) < 4.78 is 26.9. The molecule has 0 aliphatic rings. The molecule has 2 rings (SSSR count). The molecule has 0 aliphatic carbocycles. The van der Waals surface area contributed by atoms with E-state index in [-0.39, 0.29) is 16.1 Å². The zero-order valence-electron chi connectivity index (χ0n) is 10.9. The zero-order chi connectivity index (χ0) is 15.6. The van der Waals surface area contributed by atoms with Gasteiger partial charge in [0.1, 0.15) is 17.0 Å². The third-order valence-electron chi connectivity index (χ3n) is 2.72. The van der Waals surface area contributed by atoms with E-state index < -0.39 is 22.0 Å². The number of nitrogens with zero attached hydrogens (tertiary/aromatic N) is 2. The second-order valence-corrected chi connectivity index (χ2v) is 5.95. The smallest absolute Gasteiger partial charge is 0.335 e. The monoisotopic (exact) mass is 311 g/mol. The van der Waals surface area contributed by atoms with Crippen molar-refractivity contribution < 1.29 is 18.3 Å². The van der Waals surface area contributed by atoms with Gasteiger partial charge in [0.25, 0.3) is 0 Å². The van der Waals surface area contributed by atoms with Crippen LogP contribution in [0.25, 0.3) is 0 Å². The number of anilines is 1. The lowest BCUT2D eigenvalue weighted by Crippen LogP contribution is -2.28. The van der Waals surface area contributed by atoms with Crippen molar-refractivity contribution in [3.8, 4) is 0 Å². The van der Waals surface area contributed by atoms with E-state index in [9.17, 15) is 13.2 Å². The Bertz CT molecular complexity index is 757. The van der Waals surface area contributed by atoms with Crippen LogP contribution in [0.4, 0.5) is 5.69 Å². The number of nitrogens with one attached hydrogen (secondary N) is 2. The van der Waals surface area contributed by atoms with Gasteiger partial charge in [-0.2, -0.15) is 5.10 Å². The van der Waals surface area contributed by atoms with E-state index in [2.05, 4.69) is 19.9 Å². The van der Waals surface area contributed by atoms with Gasteiger partial charge < -0.3 is 10.8 Å². The molecule has 1 aromatic heterocycles. The molecule has 112 valence electrons. The summed E-state index contributed by atoms with van der Waals surface area (Å²) >= 11 is 0. The molecule has 0 aliphatic heterocycles. The molecule has 1 aromatic carbocycles. The van der Waals surface area contributed by atoms with Crippen LogP contribution in [0.1, 0.15) is 29.1 Å². The number of hydrogen-bond acceptors (Lipinski definition) is 6. The predicted octanol–water partition coefficient (Wildman–Crippen LogP) is 0.125. The molecule has 0 radical (unpaired) electrons. The van der Waals surface area contributed by atoms with E-state index in [0.29, 0.717) is 5.82 Å². The minimum Gasteiger partial charge on any atom is -0.478 e. The SMILES string of the molecule is CC(NS(=O)(=O)c1ccc(C(=O)O)cc1N)c1ncn[nH]1. The number of aromatic amines is 1. The first-order valence-electron chi connectivity index (χ1n) is 5.81. The van der Waals surface area contributed by atoms with E-state index >= 15 is 0 Å². The van der Waals surface area contributed by atoms with Crippen molar-refractivity contribution in [1.29, 1.82) is 0 Å². The van der Waals surface area contributed by atoms with E-state index in [1.165, 1.54) is 12.4 Å². The number of carboxylic acids is 1. The molecule has 9 nitrogen and oxygen atoms in total. The number of nitrogen functional groups attached to an aromatic ring is 1. The first kappa shape index (κ1) is 14.9. The molecule has 1 heterocycles. The lowest BCUT2D eigenvalue weighted by Gasteiger charge is -2.13. The van der Waals surface area contributed by atoms with Crippen molar-refractivity contribution >= 4 is 21.7 Å². The van der Waals surface area contributed by atoms with Gasteiger partial charge >= 0.3 is 5.97 Å². The number of sulfonamides is 1. The molecule has 0 bridgehead atoms. The fourth-order valence-electron chi connectivity index (χ4n) is 1.70. The lowest BCUT2D eigenvalue weighted by atomic mass is 10.2. The summed E-state index contributed by atoms with van der Waals surface area (Å²) in [6.45, 7) is 1.58. The van der Waals surface area contributed by atoms with Crippen LogP contribution < -0.4 is 10.5 Å². The van der Waals surface area contributed by atoms with Crippen LogP contribution in [0.3, 0.4) is 0 Å². The first-order chi connectivity index (χ1) is 9.81. The molecule has 1 unspecified atom stereocenters. The maximum Gasteiger partial charge on any atom is 0.335 e. The number of aromatic carboxylic acids is 1. The molecule has 0 spiro atoms. The van der Waals surface area contributed by atoms with Crippen molar-refractivity contribution in [3.05, 3.63) is 35.9 Å². The quantitative estimate of drug-likeness (QED) is 0.572. The van der Waals surface area contributed by atoms with Crippen LogP contribution in [0.15, 0.2) is 29.4 Å². The average molecular weight is 311 g/mol. The predicted molar refractivity (Wildman–Crippen MR) is 72.9 cm³/mol. The summed E-state index contributed by atoms with van der Waals surface area (Å²) in [5, 5.41) is 15.0. The first-order valence-corrected chi connectivity index (χ1v) is 7.30. The highest BCUT2D eigenvalue weighted by Gasteiger charge is 2.22. The van der Waals surface area contributed by atoms with Gasteiger partial charge in [-0.05, 0) is 25.1 Å². The van der Waals surface area contributed by atoms with Crippen LogP contribution >= 0.6 is 0 Å². The topological polar surface area (TPSA) is 151 Å². The standard InChI is InChI=1S/C11H13N5O4S/c1-6(10-13-5-14-15-10)16-21(19,20)9-3-2-7(11(17)18)4-8(9)12/h2-6,16H,12H2,1H3,(H,17,18)(H,13,14,15). The summed E-state index contributed by atoms with van der Waals surface area (Å²) in [6, 6.07) is 2.77. The number of rotatable bonds is 5. The largest absolute Gasteiger partial charge is 0.478 e. The van der Waals surface area contributed by atoms with Crippen LogP contribution in [-0.2, 0) is 10.0 Å². The summed E-state index contributed by atoms with van der Waals surface area (Å²) in [5.74, 6) is -0.840. The number of hydrogen-bond donors (Lipinski definition) is 4. The zero-order valence-corrected chi connectivity index (χ0v) is 11.8. The highest BCUT2D eigenvalue weighted by atomic mass is 32.2. The van der Waals surface area contributed by atoms with Crippen molar-refractivity contribution in [2.24, 2.45) is 0 Å². The van der Waals surface area contributed by atoms with Crippen LogP contribution in [0, 0.1) is 0 Å². The van der Waals surface area contributed by atoms with Gasteiger partial charge in [0.15, 0.2) is 0 Å². The Labute approximate surface area is 120 Å². The van der Waals surface area contributed by atoms with Crippen molar-refractivity contribution in [3.63, 3.8) is 0 Å². The fourth-order valence-corrected chi connectivity index (χ4v) is 3.02. The minimum absolute atomic E-state index is 0.0882. The van der Waals surface area contributed by atoms with Crippen LogP contribution in [0.2, 0.25) is 0 Å². The Morgan fingerprint density at radius 2 is 2.19 bits per heavy atom. The summed E-state index contributed by atoms with van der Waals surface area (Å²) in [7, 11) is -3.91. The third-order valence-corrected chi connectivity index (χ3v) is 4.34. The highest BCUT2D eigenvalue weighted by Crippen LogP contribution is 2.21. The minimum atomic E-state index is -3.91. The Morgan fingerprint density at radius 3 is 2.71 bits per heavy atom. The Morgan fingerprint density at radius 1 is 1.48 bits per heavy atom. The molecule has 1 atom stereocenters. The molecule has 0 fully saturated rings. The summed E-state index contributed by atoms with van der Waals surface area (Å²) in [6.07, 6.45) is 1.26. The maximum atomic E-state index is 12.2. The molecule has 5 N–H and O–H groups in total. The molecular formula is C11H13N5O4S. The Kier molecular flexibility index (Phi) is 3.91. The van der Waals surface area contributed by atoms with Crippen molar-refractivity contribution in [2.75, 3.05) is 5.73 Å². The summed E-state index contributed by atoms with van der Waals surface area (Å²) in [5.41, 5.74) is 5.39. The van der Waals surface area contributed by atoms with Gasteiger partial charge in [-0.25, -0.2) is 22.9 Å². The normalized spacial score (nSPS) is 13.0. The average Bonchev–Trinajstić information content (AvgIpc) is 2.91. The molecule has 0 saturated heterocycles. The van der Waals surface area contributed by atoms with E-state index in [0.717, 1.165) is 12.1 Å². The van der Waals surface area contributed by atoms with Gasteiger partial charge in [0.05, 0.1) is 17.3 Å². The number of benzene rings is 1. The van der Waals surface area contributed by atoms with Gasteiger partial charge in [0.2, 0.25) is 10.0 Å². The van der Waals surface area contributed by atoms with E-state index in [1.54, 1.807) is 6.92 Å². The Hall–Kier alpha value is -2.46. The van der Waals surface area contributed by atoms with Crippen molar-refractivity contribution in [2.45, 2.75) is 17.9 Å². The molecule has 21 heavy (non-hydrogen) atoms. The van der Waals surface area contributed by atoms with Gasteiger partial charge in [-0.3, -0.25) is 5.10 Å². The van der Waals surface area contributed by atoms with Gasteiger partial charge in [-0.15, -0.1) is 0 Å². The van der Waals surface area contributed by atoms with E-state index in [4.69, 9.17) is 10.8 Å². The number of aromatic nitrogens is 3. The molecule has 10 heteroatoms. The number of carboxylic acid groups (broad SMARTS) is 1. The Balaban J connectivity index is 2.29. The van der Waals surface area contributed by atoms with E-state index in [1.807, 2.05) is 0 Å². The fraction of sp³-hybridized carbons (Fsp3) is 0.182. The second kappa shape index (κ2) is 5.50. The number of carbonyl (C=O) groups is 1. The third kappa shape index (κ3) is 3.17. The number of H-pyrrole nitrogens is 1. The molecular weight excluding hydrogens is 298 g/mol. The van der Waals surface area contributed by atoms with Gasteiger partial charge in [-0.1, -0.05) is 0 Å². The molecule has 0 amide bonds. The van der Waals surface area contributed by atoms with Crippen LogP contribution in [-0.4, -0.2) is 34.7 Å². The lowest BCUT2D eigenvalue weighted by molar-refractivity contribution is 0.0697.